The van der Waals surface area contributed by atoms with Crippen molar-refractivity contribution < 1.29 is 9.47 Å². The Bertz CT molecular complexity index is 527. The van der Waals surface area contributed by atoms with Gasteiger partial charge in [-0.3, -0.25) is 0 Å². The van der Waals surface area contributed by atoms with Crippen molar-refractivity contribution in [3.63, 3.8) is 0 Å². The van der Waals surface area contributed by atoms with Crippen LogP contribution in [0.2, 0.25) is 0 Å². The van der Waals surface area contributed by atoms with Crippen molar-refractivity contribution in [2.45, 2.75) is 6.10 Å². The summed E-state index contributed by atoms with van der Waals surface area (Å²) in [6, 6.07) is 11.7. The van der Waals surface area contributed by atoms with E-state index in [4.69, 9.17) is 9.47 Å². The first-order valence-electron chi connectivity index (χ1n) is 5.33. The van der Waals surface area contributed by atoms with E-state index in [1.807, 2.05) is 36.4 Å². The maximum absolute atomic E-state index is 5.81. The topological polar surface area (TPSA) is 31.4 Å². The van der Waals surface area contributed by atoms with E-state index in [0.717, 1.165) is 10.0 Å². The van der Waals surface area contributed by atoms with E-state index in [1.165, 1.54) is 0 Å². The van der Waals surface area contributed by atoms with Crippen LogP contribution in [-0.2, 0) is 0 Å². The number of halogens is 1. The molecule has 1 aromatic carbocycles. The summed E-state index contributed by atoms with van der Waals surface area (Å²) in [5.74, 6) is 1.27. The Morgan fingerprint density at radius 1 is 1.18 bits per heavy atom. The van der Waals surface area contributed by atoms with Crippen LogP contribution in [0.4, 0.5) is 0 Å². The molecule has 2 heterocycles. The number of ether oxygens (including phenoxy) is 2. The molecule has 0 radical (unpaired) electrons. The van der Waals surface area contributed by atoms with Gasteiger partial charge in [0.25, 0.3) is 5.88 Å². The van der Waals surface area contributed by atoms with Gasteiger partial charge in [-0.25, -0.2) is 4.98 Å². The lowest BCUT2D eigenvalue weighted by Crippen LogP contribution is -2.22. The summed E-state index contributed by atoms with van der Waals surface area (Å²) in [6.07, 6.45) is 1.61. The second kappa shape index (κ2) is 4.37. The van der Waals surface area contributed by atoms with Gasteiger partial charge in [0, 0.05) is 10.7 Å². The van der Waals surface area contributed by atoms with Gasteiger partial charge >= 0.3 is 0 Å². The van der Waals surface area contributed by atoms with Crippen LogP contribution in [0.3, 0.4) is 0 Å². The van der Waals surface area contributed by atoms with Gasteiger partial charge in [0.15, 0.2) is 11.9 Å². The minimum atomic E-state index is -0.0921. The molecule has 0 amide bonds. The smallest absolute Gasteiger partial charge is 0.257 e. The second-order valence-corrected chi connectivity index (χ2v) is 4.69. The molecule has 86 valence electrons. The number of nitrogens with zero attached hydrogens (tertiary/aromatic N) is 1. The fraction of sp³-hybridized carbons (Fsp3) is 0.154. The Labute approximate surface area is 108 Å². The van der Waals surface area contributed by atoms with Crippen molar-refractivity contribution in [2.75, 3.05) is 6.61 Å². The van der Waals surface area contributed by atoms with Crippen LogP contribution in [0, 0.1) is 0 Å². The van der Waals surface area contributed by atoms with Gasteiger partial charge in [-0.2, -0.15) is 0 Å². The van der Waals surface area contributed by atoms with Crippen molar-refractivity contribution in [1.82, 2.24) is 4.98 Å². The van der Waals surface area contributed by atoms with Crippen LogP contribution in [0.5, 0.6) is 11.6 Å². The average Bonchev–Trinajstić information content (AvgIpc) is 2.39. The van der Waals surface area contributed by atoms with Gasteiger partial charge in [0.05, 0.1) is 0 Å². The van der Waals surface area contributed by atoms with E-state index in [-0.39, 0.29) is 6.10 Å². The molecule has 0 saturated heterocycles. The number of pyridine rings is 1. The predicted molar refractivity (Wildman–Crippen MR) is 67.2 cm³/mol. The van der Waals surface area contributed by atoms with E-state index in [1.54, 1.807) is 6.20 Å². The van der Waals surface area contributed by atoms with Gasteiger partial charge in [0.2, 0.25) is 0 Å². The van der Waals surface area contributed by atoms with E-state index >= 15 is 0 Å². The molecule has 17 heavy (non-hydrogen) atoms. The summed E-state index contributed by atoms with van der Waals surface area (Å²) < 4.78 is 12.5. The van der Waals surface area contributed by atoms with Gasteiger partial charge in [-0.05, 0) is 29.8 Å². The monoisotopic (exact) mass is 291 g/mol. The molecule has 0 saturated carbocycles. The molecule has 3 rings (SSSR count). The summed E-state index contributed by atoms with van der Waals surface area (Å²) in [7, 11) is 0. The molecular weight excluding hydrogens is 282 g/mol. The molecule has 1 aliphatic heterocycles. The van der Waals surface area contributed by atoms with Crippen LogP contribution in [0.25, 0.3) is 0 Å². The summed E-state index contributed by atoms with van der Waals surface area (Å²) in [5, 5.41) is 0. The molecule has 1 unspecified atom stereocenters. The molecule has 0 fully saturated rings. The van der Waals surface area contributed by atoms with Crippen molar-refractivity contribution in [3.8, 4) is 11.6 Å². The van der Waals surface area contributed by atoms with Gasteiger partial charge < -0.3 is 9.47 Å². The first kappa shape index (κ1) is 10.6. The quantitative estimate of drug-likeness (QED) is 0.807. The van der Waals surface area contributed by atoms with Crippen LogP contribution in [-0.4, -0.2) is 11.6 Å². The molecule has 3 nitrogen and oxygen atoms in total. The number of benzene rings is 1. The fourth-order valence-corrected chi connectivity index (χ4v) is 2.01. The Hall–Kier alpha value is -1.55. The maximum atomic E-state index is 5.81. The van der Waals surface area contributed by atoms with Crippen molar-refractivity contribution >= 4 is 15.9 Å². The van der Waals surface area contributed by atoms with E-state index in [9.17, 15) is 0 Å². The number of rotatable bonds is 1. The Kier molecular flexibility index (Phi) is 2.73. The van der Waals surface area contributed by atoms with Gasteiger partial charge in [0.1, 0.15) is 6.61 Å². The first-order valence-corrected chi connectivity index (χ1v) is 6.12. The zero-order valence-corrected chi connectivity index (χ0v) is 10.6. The Morgan fingerprint density at radius 2 is 2.00 bits per heavy atom. The number of hydrogen-bond acceptors (Lipinski definition) is 3. The molecule has 0 aliphatic carbocycles. The molecule has 1 atom stereocenters. The third-order valence-corrected chi connectivity index (χ3v) is 3.15. The number of aromatic nitrogens is 1. The summed E-state index contributed by atoms with van der Waals surface area (Å²) in [6.45, 7) is 0.514. The minimum Gasteiger partial charge on any atom is -0.484 e. The first-order chi connectivity index (χ1) is 8.33. The van der Waals surface area contributed by atoms with E-state index in [2.05, 4.69) is 20.9 Å². The fourth-order valence-electron chi connectivity index (χ4n) is 1.75. The average molecular weight is 292 g/mol. The summed E-state index contributed by atoms with van der Waals surface area (Å²) >= 11 is 3.41. The standard InChI is InChI=1S/C13H10BrNO2/c14-10-5-3-9(4-6-10)12-8-16-11-2-1-7-15-13(11)17-12/h1-7,12H,8H2. The Morgan fingerprint density at radius 3 is 2.82 bits per heavy atom. The van der Waals surface area contributed by atoms with Crippen LogP contribution in [0.1, 0.15) is 11.7 Å². The Balaban J connectivity index is 1.86. The molecule has 1 aliphatic rings. The lowest BCUT2D eigenvalue weighted by molar-refractivity contribution is 0.0851. The molecule has 1 aromatic heterocycles. The predicted octanol–water partition coefficient (Wildman–Crippen LogP) is 3.36. The normalized spacial score (nSPS) is 17.8. The summed E-state index contributed by atoms with van der Waals surface area (Å²) in [5.41, 5.74) is 1.09. The van der Waals surface area contributed by atoms with Crippen molar-refractivity contribution in [2.24, 2.45) is 0 Å². The highest BCUT2D eigenvalue weighted by Gasteiger charge is 2.22. The van der Waals surface area contributed by atoms with Crippen LogP contribution < -0.4 is 9.47 Å². The van der Waals surface area contributed by atoms with Crippen molar-refractivity contribution in [1.29, 1.82) is 0 Å². The number of hydrogen-bond donors (Lipinski definition) is 0. The van der Waals surface area contributed by atoms with Crippen LogP contribution >= 0.6 is 15.9 Å². The zero-order valence-electron chi connectivity index (χ0n) is 8.97. The highest BCUT2D eigenvalue weighted by molar-refractivity contribution is 9.10. The largest absolute Gasteiger partial charge is 0.484 e. The SMILES string of the molecule is Brc1ccc(C2COc3cccnc3O2)cc1. The van der Waals surface area contributed by atoms with E-state index in [0.29, 0.717) is 18.2 Å². The third kappa shape index (κ3) is 2.13. The highest BCUT2D eigenvalue weighted by atomic mass is 79.9. The van der Waals surface area contributed by atoms with Gasteiger partial charge in [-0.15, -0.1) is 0 Å². The van der Waals surface area contributed by atoms with Crippen LogP contribution in [0.15, 0.2) is 47.1 Å². The van der Waals surface area contributed by atoms with Crippen molar-refractivity contribution in [3.05, 3.63) is 52.6 Å². The summed E-state index contributed by atoms with van der Waals surface area (Å²) in [4.78, 5) is 4.16. The molecule has 4 heteroatoms. The van der Waals surface area contributed by atoms with Gasteiger partial charge in [-0.1, -0.05) is 28.1 Å². The third-order valence-electron chi connectivity index (χ3n) is 2.62. The molecule has 0 bridgehead atoms. The maximum Gasteiger partial charge on any atom is 0.257 e. The molecule has 0 N–H and O–H groups in total. The lowest BCUT2D eigenvalue weighted by atomic mass is 10.1. The second-order valence-electron chi connectivity index (χ2n) is 3.78. The molecule has 0 spiro atoms. The minimum absolute atomic E-state index is 0.0921. The van der Waals surface area contributed by atoms with E-state index < -0.39 is 0 Å². The highest BCUT2D eigenvalue weighted by Crippen LogP contribution is 2.34. The lowest BCUT2D eigenvalue weighted by Gasteiger charge is -2.25. The molecule has 2 aromatic rings. The number of fused-ring (bicyclic) bond motifs is 1. The zero-order chi connectivity index (χ0) is 11.7. The molecular formula is C13H10BrNO2.